The van der Waals surface area contributed by atoms with Crippen molar-refractivity contribution in [2.45, 2.75) is 26.3 Å². The number of benzene rings is 1. The molecule has 1 aliphatic heterocycles. The van der Waals surface area contributed by atoms with Gasteiger partial charge in [0.15, 0.2) is 0 Å². The van der Waals surface area contributed by atoms with E-state index in [-0.39, 0.29) is 5.91 Å². The molecule has 0 saturated heterocycles. The lowest BCUT2D eigenvalue weighted by molar-refractivity contribution is -0.119. The Labute approximate surface area is 115 Å². The van der Waals surface area contributed by atoms with Crippen molar-refractivity contribution in [1.82, 2.24) is 10.6 Å². The molecule has 1 aromatic carbocycles. The van der Waals surface area contributed by atoms with Crippen LogP contribution in [0.3, 0.4) is 0 Å². The van der Waals surface area contributed by atoms with Crippen LogP contribution in [-0.2, 0) is 11.2 Å². The average molecular weight is 261 g/mol. The molecule has 1 atom stereocenters. The molecule has 0 aliphatic carbocycles. The summed E-state index contributed by atoms with van der Waals surface area (Å²) in [5.74, 6) is 0.0675. The summed E-state index contributed by atoms with van der Waals surface area (Å²) >= 11 is 0. The number of carbonyl (C=O) groups is 1. The molecule has 0 aromatic heterocycles. The second-order valence-corrected chi connectivity index (χ2v) is 5.01. The standard InChI is InChI=1S/C15H23N3O/c1-4-17-11(2)12-5-6-14-13(9-12)7-8-18(14)10-15(19)16-3/h5-6,9,11,17H,4,7-8,10H2,1-3H3,(H,16,19). The number of carbonyl (C=O) groups excluding carboxylic acids is 1. The largest absolute Gasteiger partial charge is 0.362 e. The first-order valence-electron chi connectivity index (χ1n) is 6.97. The first kappa shape index (κ1) is 13.9. The molecule has 1 heterocycles. The van der Waals surface area contributed by atoms with Crippen molar-refractivity contribution in [1.29, 1.82) is 0 Å². The Kier molecular flexibility index (Phi) is 4.43. The number of nitrogens with zero attached hydrogens (tertiary/aromatic N) is 1. The minimum atomic E-state index is 0.0675. The van der Waals surface area contributed by atoms with E-state index in [9.17, 15) is 4.79 Å². The van der Waals surface area contributed by atoms with Crippen LogP contribution in [0.25, 0.3) is 0 Å². The van der Waals surface area contributed by atoms with Crippen molar-refractivity contribution in [2.24, 2.45) is 0 Å². The summed E-state index contributed by atoms with van der Waals surface area (Å²) in [7, 11) is 1.68. The molecule has 1 amide bonds. The number of hydrogen-bond donors (Lipinski definition) is 2. The lowest BCUT2D eigenvalue weighted by Crippen LogP contribution is -2.34. The van der Waals surface area contributed by atoms with Crippen molar-refractivity contribution in [3.05, 3.63) is 29.3 Å². The van der Waals surface area contributed by atoms with Gasteiger partial charge in [-0.15, -0.1) is 0 Å². The van der Waals surface area contributed by atoms with Crippen LogP contribution in [0.1, 0.15) is 31.0 Å². The van der Waals surface area contributed by atoms with Gasteiger partial charge in [0.1, 0.15) is 0 Å². The minimum absolute atomic E-state index is 0.0675. The fourth-order valence-corrected chi connectivity index (χ4v) is 2.60. The van der Waals surface area contributed by atoms with Gasteiger partial charge in [-0.2, -0.15) is 0 Å². The molecule has 4 nitrogen and oxygen atoms in total. The molecule has 2 N–H and O–H groups in total. The Bertz CT molecular complexity index is 459. The number of fused-ring (bicyclic) bond motifs is 1. The van der Waals surface area contributed by atoms with Crippen LogP contribution in [0.15, 0.2) is 18.2 Å². The average Bonchev–Trinajstić information content (AvgIpc) is 2.81. The fraction of sp³-hybridized carbons (Fsp3) is 0.533. The fourth-order valence-electron chi connectivity index (χ4n) is 2.60. The summed E-state index contributed by atoms with van der Waals surface area (Å²) in [5.41, 5.74) is 3.88. The third-order valence-corrected chi connectivity index (χ3v) is 3.72. The van der Waals surface area contributed by atoms with E-state index >= 15 is 0 Å². The highest BCUT2D eigenvalue weighted by atomic mass is 16.1. The van der Waals surface area contributed by atoms with Crippen LogP contribution >= 0.6 is 0 Å². The molecule has 0 spiro atoms. The van der Waals surface area contributed by atoms with Crippen LogP contribution in [0.5, 0.6) is 0 Å². The third-order valence-electron chi connectivity index (χ3n) is 3.72. The van der Waals surface area contributed by atoms with E-state index in [0.717, 1.165) is 19.5 Å². The highest BCUT2D eigenvalue weighted by Gasteiger charge is 2.21. The number of likely N-dealkylation sites (N-methyl/N-ethyl adjacent to an activating group) is 1. The predicted molar refractivity (Wildman–Crippen MR) is 78.5 cm³/mol. The molecule has 2 rings (SSSR count). The first-order valence-corrected chi connectivity index (χ1v) is 6.97. The highest BCUT2D eigenvalue weighted by Crippen LogP contribution is 2.30. The van der Waals surface area contributed by atoms with Gasteiger partial charge >= 0.3 is 0 Å². The Morgan fingerprint density at radius 1 is 1.47 bits per heavy atom. The number of nitrogens with one attached hydrogen (secondary N) is 2. The second-order valence-electron chi connectivity index (χ2n) is 5.01. The Hall–Kier alpha value is -1.55. The molecule has 0 radical (unpaired) electrons. The number of amides is 1. The van der Waals surface area contributed by atoms with Gasteiger partial charge in [-0.3, -0.25) is 4.79 Å². The number of hydrogen-bond acceptors (Lipinski definition) is 3. The van der Waals surface area contributed by atoms with Gasteiger partial charge in [-0.05, 0) is 37.1 Å². The first-order chi connectivity index (χ1) is 9.15. The quantitative estimate of drug-likeness (QED) is 0.843. The van der Waals surface area contributed by atoms with E-state index in [1.807, 2.05) is 0 Å². The molecule has 104 valence electrons. The van der Waals surface area contributed by atoms with Crippen LogP contribution in [-0.4, -0.2) is 32.6 Å². The normalized spacial score (nSPS) is 15.2. The number of rotatable bonds is 5. The van der Waals surface area contributed by atoms with Crippen LogP contribution in [0, 0.1) is 0 Å². The maximum absolute atomic E-state index is 11.5. The van der Waals surface area contributed by atoms with Gasteiger partial charge in [0.05, 0.1) is 6.54 Å². The smallest absolute Gasteiger partial charge is 0.239 e. The van der Waals surface area contributed by atoms with Crippen molar-refractivity contribution < 1.29 is 4.79 Å². The van der Waals surface area contributed by atoms with E-state index in [4.69, 9.17) is 0 Å². The molecule has 1 aliphatic rings. The van der Waals surface area contributed by atoms with Gasteiger partial charge in [-0.25, -0.2) is 0 Å². The zero-order valence-electron chi connectivity index (χ0n) is 12.0. The Morgan fingerprint density at radius 2 is 2.26 bits per heavy atom. The lowest BCUT2D eigenvalue weighted by atomic mass is 10.0. The topological polar surface area (TPSA) is 44.4 Å². The van der Waals surface area contributed by atoms with E-state index in [1.165, 1.54) is 16.8 Å². The lowest BCUT2D eigenvalue weighted by Gasteiger charge is -2.19. The Morgan fingerprint density at radius 3 is 2.95 bits per heavy atom. The molecule has 19 heavy (non-hydrogen) atoms. The Balaban J connectivity index is 2.13. The predicted octanol–water partition coefficient (Wildman–Crippen LogP) is 1.47. The SMILES string of the molecule is CCNC(C)c1ccc2c(c1)CCN2CC(=O)NC. The van der Waals surface area contributed by atoms with Gasteiger partial charge in [0.25, 0.3) is 0 Å². The summed E-state index contributed by atoms with van der Waals surface area (Å²) in [6, 6.07) is 6.96. The zero-order chi connectivity index (χ0) is 13.8. The molecule has 4 heteroatoms. The monoisotopic (exact) mass is 261 g/mol. The summed E-state index contributed by atoms with van der Waals surface area (Å²) < 4.78 is 0. The maximum Gasteiger partial charge on any atom is 0.239 e. The molecule has 1 unspecified atom stereocenters. The van der Waals surface area contributed by atoms with Crippen molar-refractivity contribution in [2.75, 3.05) is 31.6 Å². The molecular weight excluding hydrogens is 238 g/mol. The van der Waals surface area contributed by atoms with E-state index in [2.05, 4.69) is 47.6 Å². The molecular formula is C15H23N3O. The van der Waals surface area contributed by atoms with E-state index < -0.39 is 0 Å². The third kappa shape index (κ3) is 3.07. The molecule has 1 aromatic rings. The summed E-state index contributed by atoms with van der Waals surface area (Å²) in [4.78, 5) is 13.6. The van der Waals surface area contributed by atoms with Crippen LogP contribution in [0.4, 0.5) is 5.69 Å². The van der Waals surface area contributed by atoms with Gasteiger partial charge in [0, 0.05) is 25.3 Å². The van der Waals surface area contributed by atoms with Crippen molar-refractivity contribution in [3.8, 4) is 0 Å². The minimum Gasteiger partial charge on any atom is -0.362 e. The van der Waals surface area contributed by atoms with Crippen molar-refractivity contribution in [3.63, 3.8) is 0 Å². The van der Waals surface area contributed by atoms with Gasteiger partial charge < -0.3 is 15.5 Å². The van der Waals surface area contributed by atoms with Gasteiger partial charge in [-0.1, -0.05) is 19.1 Å². The summed E-state index contributed by atoms with van der Waals surface area (Å²) in [6.45, 7) is 6.66. The molecule has 0 fully saturated rings. The van der Waals surface area contributed by atoms with E-state index in [1.54, 1.807) is 7.05 Å². The van der Waals surface area contributed by atoms with E-state index in [0.29, 0.717) is 12.6 Å². The number of anilines is 1. The van der Waals surface area contributed by atoms with Crippen LogP contribution in [0.2, 0.25) is 0 Å². The maximum atomic E-state index is 11.5. The second kappa shape index (κ2) is 6.06. The van der Waals surface area contributed by atoms with Gasteiger partial charge in [0.2, 0.25) is 5.91 Å². The molecule has 0 saturated carbocycles. The summed E-state index contributed by atoms with van der Waals surface area (Å²) in [6.07, 6.45) is 1.03. The molecule has 0 bridgehead atoms. The van der Waals surface area contributed by atoms with Crippen LogP contribution < -0.4 is 15.5 Å². The zero-order valence-corrected chi connectivity index (χ0v) is 12.0. The summed E-state index contributed by atoms with van der Waals surface area (Å²) in [5, 5.41) is 6.11. The van der Waals surface area contributed by atoms with Crippen molar-refractivity contribution >= 4 is 11.6 Å². The highest BCUT2D eigenvalue weighted by molar-refractivity contribution is 5.82.